The van der Waals surface area contributed by atoms with Crippen molar-refractivity contribution in [2.24, 2.45) is 0 Å². The predicted octanol–water partition coefficient (Wildman–Crippen LogP) is 0.00720. The van der Waals surface area contributed by atoms with E-state index in [4.69, 9.17) is 5.11 Å². The van der Waals surface area contributed by atoms with Gasteiger partial charge in [0.15, 0.2) is 6.73 Å². The molecular weight excluding hydrogens is 80.0 g/mol. The summed E-state index contributed by atoms with van der Waals surface area (Å²) in [6.07, 6.45) is 0. The van der Waals surface area contributed by atoms with Crippen LogP contribution in [0.3, 0.4) is 0 Å². The molecule has 2 nitrogen and oxygen atoms in total. The van der Waals surface area contributed by atoms with Gasteiger partial charge < -0.3 is 5.11 Å². The van der Waals surface area contributed by atoms with Crippen molar-refractivity contribution in [2.75, 3.05) is 6.73 Å². The Labute approximate surface area is 27.5 Å². The lowest BCUT2D eigenvalue weighted by atomic mass is 11.4. The number of aliphatic hydroxyl groups excluding tert-OH is 1. The third-order valence-corrected chi connectivity index (χ3v) is 0.107. The Kier molecular flexibility index (Phi) is 1.95. The standard InChI is InChI=1S/CH3F2NO/c2-4(3)1-5/h5H,1H2. The molecule has 0 fully saturated rings. The third-order valence-electron chi connectivity index (χ3n) is 0.107. The molecule has 0 saturated heterocycles. The molecule has 0 bridgehead atoms. The number of nitrogens with zero attached hydrogens (tertiary/aromatic N) is 1. The number of hydrogen-bond donors (Lipinski definition) is 1. The van der Waals surface area contributed by atoms with Crippen molar-refractivity contribution < 1.29 is 14.1 Å². The fourth-order valence-electron chi connectivity index (χ4n) is 0. The zero-order chi connectivity index (χ0) is 4.28. The Bertz CT molecular complexity index is 23.6. The summed E-state index contributed by atoms with van der Waals surface area (Å²) < 4.78 is 20.7. The Morgan fingerprint density at radius 1 is 1.60 bits per heavy atom. The Hall–Kier alpha value is -0.220. The normalized spacial score (nSPS) is 9.60. The second-order valence-corrected chi connectivity index (χ2v) is 0.444. The van der Waals surface area contributed by atoms with Crippen LogP contribution in [0.15, 0.2) is 0 Å². The average molecular weight is 83.0 g/mol. The van der Waals surface area contributed by atoms with Crippen LogP contribution in [0.25, 0.3) is 0 Å². The molecule has 0 aliphatic rings. The molecular formula is CH3F2NO. The summed E-state index contributed by atoms with van der Waals surface area (Å²) in [5, 5.41) is 6.00. The van der Waals surface area contributed by atoms with Crippen molar-refractivity contribution >= 4 is 0 Å². The summed E-state index contributed by atoms with van der Waals surface area (Å²) in [5.74, 6) is 0. The van der Waals surface area contributed by atoms with Crippen LogP contribution in [0.5, 0.6) is 0 Å². The smallest absolute Gasteiger partial charge is 0.156 e. The zero-order valence-corrected chi connectivity index (χ0v) is 2.36. The van der Waals surface area contributed by atoms with Crippen molar-refractivity contribution in [3.05, 3.63) is 0 Å². The van der Waals surface area contributed by atoms with Gasteiger partial charge in [0.25, 0.3) is 0 Å². The van der Waals surface area contributed by atoms with Crippen LogP contribution in [-0.4, -0.2) is 17.2 Å². The third kappa shape index (κ3) is 3.78. The highest BCUT2D eigenvalue weighted by atomic mass is 19.4. The van der Waals surface area contributed by atoms with Crippen LogP contribution < -0.4 is 0 Å². The van der Waals surface area contributed by atoms with Crippen LogP contribution in [0.1, 0.15) is 0 Å². The van der Waals surface area contributed by atoms with Gasteiger partial charge in [0.05, 0.1) is 0 Å². The molecule has 5 heavy (non-hydrogen) atoms. The van der Waals surface area contributed by atoms with E-state index < -0.39 is 12.1 Å². The fraction of sp³-hybridized carbons (Fsp3) is 1.00. The zero-order valence-electron chi connectivity index (χ0n) is 2.36. The lowest BCUT2D eigenvalue weighted by Crippen LogP contribution is -1.99. The van der Waals surface area contributed by atoms with E-state index in [2.05, 4.69) is 0 Å². The van der Waals surface area contributed by atoms with E-state index in [1.165, 1.54) is 0 Å². The van der Waals surface area contributed by atoms with E-state index in [1.54, 1.807) is 0 Å². The molecule has 0 saturated carbocycles. The molecule has 0 rings (SSSR count). The largest absolute Gasteiger partial charge is 0.376 e. The second-order valence-electron chi connectivity index (χ2n) is 0.444. The molecule has 0 radical (unpaired) electrons. The highest BCUT2D eigenvalue weighted by molar-refractivity contribution is 3.86. The molecule has 0 amide bonds. The van der Waals surface area contributed by atoms with Crippen LogP contribution >= 0.6 is 0 Å². The van der Waals surface area contributed by atoms with Crippen LogP contribution in [0.2, 0.25) is 0 Å². The van der Waals surface area contributed by atoms with Gasteiger partial charge in [-0.2, -0.15) is 0 Å². The van der Waals surface area contributed by atoms with Crippen molar-refractivity contribution in [3.63, 3.8) is 0 Å². The molecule has 0 aromatic rings. The van der Waals surface area contributed by atoms with Gasteiger partial charge in [-0.3, -0.25) is 0 Å². The summed E-state index contributed by atoms with van der Waals surface area (Å²) in [6, 6.07) is 0. The highest BCUT2D eigenvalue weighted by Crippen LogP contribution is 1.80. The summed E-state index contributed by atoms with van der Waals surface area (Å²) >= 11 is 0. The first-order valence-electron chi connectivity index (χ1n) is 0.971. The number of hydrogen-bond acceptors (Lipinski definition) is 2. The fourth-order valence-corrected chi connectivity index (χ4v) is 0. The molecule has 0 aliphatic heterocycles. The summed E-state index contributed by atoms with van der Waals surface area (Å²) in [6.45, 7) is -1.19. The first-order chi connectivity index (χ1) is 2.27. The SMILES string of the molecule is OCN(F)F. The maximum absolute atomic E-state index is 10.3. The van der Waals surface area contributed by atoms with E-state index in [0.717, 1.165) is 0 Å². The van der Waals surface area contributed by atoms with Crippen molar-refractivity contribution in [1.29, 1.82) is 0 Å². The minimum atomic E-state index is -1.32. The molecule has 0 aromatic heterocycles. The van der Waals surface area contributed by atoms with Crippen molar-refractivity contribution in [1.82, 2.24) is 5.34 Å². The Balaban J connectivity index is 2.54. The van der Waals surface area contributed by atoms with Gasteiger partial charge >= 0.3 is 0 Å². The van der Waals surface area contributed by atoms with E-state index in [-0.39, 0.29) is 0 Å². The van der Waals surface area contributed by atoms with E-state index in [0.29, 0.717) is 0 Å². The first kappa shape index (κ1) is 4.78. The highest BCUT2D eigenvalue weighted by Gasteiger charge is 1.86. The molecule has 4 heteroatoms. The minimum absolute atomic E-state index is 1.19. The summed E-state index contributed by atoms with van der Waals surface area (Å²) in [7, 11) is 0. The van der Waals surface area contributed by atoms with Crippen LogP contribution in [0, 0.1) is 0 Å². The maximum Gasteiger partial charge on any atom is 0.156 e. The lowest BCUT2D eigenvalue weighted by molar-refractivity contribution is -0.198. The number of aliphatic hydroxyl groups is 1. The quantitative estimate of drug-likeness (QED) is 0.356. The molecule has 0 spiro atoms. The van der Waals surface area contributed by atoms with E-state index >= 15 is 0 Å². The molecule has 0 aromatic carbocycles. The first-order valence-corrected chi connectivity index (χ1v) is 0.971. The Morgan fingerprint density at radius 2 is 1.80 bits per heavy atom. The molecule has 0 unspecified atom stereocenters. The molecule has 0 aliphatic carbocycles. The monoisotopic (exact) mass is 83.0 g/mol. The lowest BCUT2D eigenvalue weighted by Gasteiger charge is -1.85. The van der Waals surface area contributed by atoms with Gasteiger partial charge in [0.2, 0.25) is 0 Å². The van der Waals surface area contributed by atoms with Gasteiger partial charge in [0, 0.05) is 5.34 Å². The number of rotatable bonds is 1. The van der Waals surface area contributed by atoms with Crippen LogP contribution in [-0.2, 0) is 0 Å². The molecule has 32 valence electrons. The average Bonchev–Trinajstić information content (AvgIpc) is 1.38. The predicted molar refractivity (Wildman–Crippen MR) is 11.1 cm³/mol. The van der Waals surface area contributed by atoms with Crippen molar-refractivity contribution in [3.8, 4) is 0 Å². The molecule has 0 heterocycles. The van der Waals surface area contributed by atoms with Crippen LogP contribution in [0.4, 0.5) is 8.96 Å². The van der Waals surface area contributed by atoms with Gasteiger partial charge in [-0.05, 0) is 0 Å². The minimum Gasteiger partial charge on any atom is -0.376 e. The van der Waals surface area contributed by atoms with E-state index in [9.17, 15) is 8.96 Å². The molecule has 1 N–H and O–H groups in total. The van der Waals surface area contributed by atoms with Gasteiger partial charge in [-0.15, -0.1) is 0 Å². The molecule has 0 atom stereocenters. The Morgan fingerprint density at radius 3 is 1.80 bits per heavy atom. The summed E-state index contributed by atoms with van der Waals surface area (Å²) in [5.41, 5.74) is 0. The van der Waals surface area contributed by atoms with Crippen molar-refractivity contribution in [2.45, 2.75) is 0 Å². The van der Waals surface area contributed by atoms with E-state index in [1.807, 2.05) is 0 Å². The van der Waals surface area contributed by atoms with Gasteiger partial charge in [-0.25, -0.2) is 0 Å². The van der Waals surface area contributed by atoms with Gasteiger partial charge in [0.1, 0.15) is 0 Å². The maximum atomic E-state index is 10.3. The van der Waals surface area contributed by atoms with Gasteiger partial charge in [-0.1, -0.05) is 8.96 Å². The summed E-state index contributed by atoms with van der Waals surface area (Å²) in [4.78, 5) is 0. The topological polar surface area (TPSA) is 23.5 Å². The second kappa shape index (κ2) is 2.04. The number of halogens is 2.